The predicted molar refractivity (Wildman–Crippen MR) is 129 cm³/mol. The molecule has 2 N–H and O–H groups in total. The van der Waals surface area contributed by atoms with Gasteiger partial charge in [0.1, 0.15) is 5.75 Å². The third-order valence-corrected chi connectivity index (χ3v) is 4.18. The van der Waals surface area contributed by atoms with Crippen molar-refractivity contribution in [3.05, 3.63) is 53.1 Å². The summed E-state index contributed by atoms with van der Waals surface area (Å²) in [4.78, 5) is 4.30. The van der Waals surface area contributed by atoms with Crippen molar-refractivity contribution in [1.29, 1.82) is 0 Å². The molecule has 29 heavy (non-hydrogen) atoms. The highest BCUT2D eigenvalue weighted by Crippen LogP contribution is 2.28. The molecule has 7 heteroatoms. The summed E-state index contributed by atoms with van der Waals surface area (Å²) >= 11 is 0. The molecule has 0 heterocycles. The van der Waals surface area contributed by atoms with Crippen LogP contribution < -0.4 is 24.8 Å². The van der Waals surface area contributed by atoms with Crippen LogP contribution in [-0.4, -0.2) is 33.3 Å². The maximum absolute atomic E-state index is 5.74. The molecule has 2 rings (SSSR count). The smallest absolute Gasteiger partial charge is 0.191 e. The maximum Gasteiger partial charge on any atom is 0.191 e. The summed E-state index contributed by atoms with van der Waals surface area (Å²) in [6, 6.07) is 12.1. The standard InChI is InChI=1S/C22H31N3O3.HI/c1-6-27-19-11-9-17(13-21(19)26-5)14-24-22(23-4)25-15-18-10-8-16(3)12-20(18)28-7-2;/h8-13H,6-7,14-15H2,1-5H3,(H2,23,24,25);1H. The number of methoxy groups -OCH3 is 1. The van der Waals surface area contributed by atoms with Crippen LogP contribution in [0.1, 0.15) is 30.5 Å². The summed E-state index contributed by atoms with van der Waals surface area (Å²) in [5, 5.41) is 6.66. The lowest BCUT2D eigenvalue weighted by Crippen LogP contribution is -2.36. The van der Waals surface area contributed by atoms with Crippen LogP contribution in [-0.2, 0) is 13.1 Å². The van der Waals surface area contributed by atoms with Gasteiger partial charge in [0.25, 0.3) is 0 Å². The number of rotatable bonds is 9. The number of aryl methyl sites for hydroxylation is 1. The average Bonchev–Trinajstić information content (AvgIpc) is 2.70. The van der Waals surface area contributed by atoms with E-state index in [9.17, 15) is 0 Å². The number of nitrogens with one attached hydrogen (secondary N) is 2. The first-order valence-electron chi connectivity index (χ1n) is 9.57. The zero-order valence-corrected chi connectivity index (χ0v) is 20.2. The highest BCUT2D eigenvalue weighted by Gasteiger charge is 2.08. The number of halogens is 1. The van der Waals surface area contributed by atoms with E-state index in [0.717, 1.165) is 34.3 Å². The predicted octanol–water partition coefficient (Wildman–Crippen LogP) is 4.28. The Morgan fingerprint density at radius 2 is 1.59 bits per heavy atom. The van der Waals surface area contributed by atoms with Crippen LogP contribution in [0.5, 0.6) is 17.2 Å². The van der Waals surface area contributed by atoms with Crippen molar-refractivity contribution in [3.63, 3.8) is 0 Å². The first-order chi connectivity index (χ1) is 13.6. The SMILES string of the molecule is CCOc1cc(C)ccc1CNC(=NC)NCc1ccc(OCC)c(OC)c1.I. The second-order valence-electron chi connectivity index (χ2n) is 6.24. The van der Waals surface area contributed by atoms with E-state index in [-0.39, 0.29) is 24.0 Å². The summed E-state index contributed by atoms with van der Waals surface area (Å²) in [7, 11) is 3.40. The molecule has 2 aromatic rings. The zero-order valence-electron chi connectivity index (χ0n) is 17.9. The third-order valence-electron chi connectivity index (χ3n) is 4.18. The van der Waals surface area contributed by atoms with E-state index in [4.69, 9.17) is 14.2 Å². The first-order valence-corrected chi connectivity index (χ1v) is 9.57. The van der Waals surface area contributed by atoms with Gasteiger partial charge in [-0.2, -0.15) is 0 Å². The van der Waals surface area contributed by atoms with Gasteiger partial charge in [-0.05, 0) is 50.1 Å². The van der Waals surface area contributed by atoms with Gasteiger partial charge in [-0.3, -0.25) is 4.99 Å². The molecular weight excluding hydrogens is 481 g/mol. The maximum atomic E-state index is 5.74. The largest absolute Gasteiger partial charge is 0.494 e. The van der Waals surface area contributed by atoms with Gasteiger partial charge < -0.3 is 24.8 Å². The minimum atomic E-state index is 0. The lowest BCUT2D eigenvalue weighted by Gasteiger charge is -2.16. The van der Waals surface area contributed by atoms with Crippen LogP contribution in [0, 0.1) is 6.92 Å². The molecule has 160 valence electrons. The van der Waals surface area contributed by atoms with Gasteiger partial charge in [-0.15, -0.1) is 24.0 Å². The number of aliphatic imine (C=N–C) groups is 1. The minimum Gasteiger partial charge on any atom is -0.494 e. The Bertz CT molecular complexity index is 797. The number of benzene rings is 2. The fourth-order valence-corrected chi connectivity index (χ4v) is 2.78. The van der Waals surface area contributed by atoms with E-state index in [1.807, 2.05) is 32.0 Å². The second-order valence-corrected chi connectivity index (χ2v) is 6.24. The van der Waals surface area contributed by atoms with Crippen molar-refractivity contribution >= 4 is 29.9 Å². The summed E-state index contributed by atoms with van der Waals surface area (Å²) < 4.78 is 16.7. The van der Waals surface area contributed by atoms with Crippen molar-refractivity contribution in [2.75, 3.05) is 27.4 Å². The minimum absolute atomic E-state index is 0. The Morgan fingerprint density at radius 3 is 2.24 bits per heavy atom. The molecule has 0 fully saturated rings. The van der Waals surface area contributed by atoms with Crippen molar-refractivity contribution in [1.82, 2.24) is 10.6 Å². The van der Waals surface area contributed by atoms with Crippen LogP contribution in [0.15, 0.2) is 41.4 Å². The molecule has 0 aliphatic heterocycles. The summed E-state index contributed by atoms with van der Waals surface area (Å²) in [6.07, 6.45) is 0. The Hall–Kier alpha value is -2.16. The molecule has 0 aliphatic rings. The molecular formula is C22H32IN3O3. The van der Waals surface area contributed by atoms with Crippen LogP contribution in [0.2, 0.25) is 0 Å². The normalized spacial score (nSPS) is 10.7. The molecule has 0 amide bonds. The second kappa shape index (κ2) is 13.1. The summed E-state index contributed by atoms with van der Waals surface area (Å²) in [6.45, 7) is 8.50. The van der Waals surface area contributed by atoms with Gasteiger partial charge in [0, 0.05) is 25.7 Å². The Morgan fingerprint density at radius 1 is 0.897 bits per heavy atom. The number of ether oxygens (including phenoxy) is 3. The van der Waals surface area contributed by atoms with Crippen molar-refractivity contribution < 1.29 is 14.2 Å². The highest BCUT2D eigenvalue weighted by molar-refractivity contribution is 14.0. The van der Waals surface area contributed by atoms with E-state index in [1.165, 1.54) is 5.56 Å². The van der Waals surface area contributed by atoms with Crippen molar-refractivity contribution in [2.45, 2.75) is 33.9 Å². The number of hydrogen-bond donors (Lipinski definition) is 2. The van der Waals surface area contributed by atoms with Crippen molar-refractivity contribution in [2.24, 2.45) is 4.99 Å². The fourth-order valence-electron chi connectivity index (χ4n) is 2.78. The van der Waals surface area contributed by atoms with E-state index in [1.54, 1.807) is 14.2 Å². The molecule has 2 aromatic carbocycles. The first kappa shape index (κ1) is 24.9. The molecule has 0 aromatic heterocycles. The van der Waals surface area contributed by atoms with E-state index < -0.39 is 0 Å². The van der Waals surface area contributed by atoms with Gasteiger partial charge in [0.05, 0.1) is 20.3 Å². The molecule has 0 unspecified atom stereocenters. The van der Waals surface area contributed by atoms with E-state index in [2.05, 4.69) is 40.7 Å². The van der Waals surface area contributed by atoms with Crippen LogP contribution in [0.25, 0.3) is 0 Å². The fraction of sp³-hybridized carbons (Fsp3) is 0.409. The molecule has 0 saturated heterocycles. The molecule has 0 aliphatic carbocycles. The summed E-state index contributed by atoms with van der Waals surface area (Å²) in [5.41, 5.74) is 3.35. The third kappa shape index (κ3) is 7.64. The van der Waals surface area contributed by atoms with Gasteiger partial charge in [-0.1, -0.05) is 18.2 Å². The number of nitrogens with zero attached hydrogens (tertiary/aromatic N) is 1. The van der Waals surface area contributed by atoms with Crippen LogP contribution in [0.4, 0.5) is 0 Å². The quantitative estimate of drug-likeness (QED) is 0.298. The monoisotopic (exact) mass is 513 g/mol. The molecule has 0 bridgehead atoms. The molecule has 0 saturated carbocycles. The summed E-state index contributed by atoms with van der Waals surface area (Å²) in [5.74, 6) is 3.10. The number of guanidine groups is 1. The molecule has 0 spiro atoms. The average molecular weight is 513 g/mol. The Kier molecular flexibility index (Phi) is 11.3. The number of hydrogen-bond acceptors (Lipinski definition) is 4. The lowest BCUT2D eigenvalue weighted by atomic mass is 10.1. The van der Waals surface area contributed by atoms with Gasteiger partial charge in [0.15, 0.2) is 17.5 Å². The lowest BCUT2D eigenvalue weighted by molar-refractivity contribution is 0.310. The molecule has 0 atom stereocenters. The van der Waals surface area contributed by atoms with Crippen LogP contribution in [0.3, 0.4) is 0 Å². The Labute approximate surface area is 191 Å². The zero-order chi connectivity index (χ0) is 20.4. The topological polar surface area (TPSA) is 64.1 Å². The van der Waals surface area contributed by atoms with Gasteiger partial charge in [0.2, 0.25) is 0 Å². The highest BCUT2D eigenvalue weighted by atomic mass is 127. The van der Waals surface area contributed by atoms with E-state index in [0.29, 0.717) is 26.3 Å². The van der Waals surface area contributed by atoms with Crippen molar-refractivity contribution in [3.8, 4) is 17.2 Å². The van der Waals surface area contributed by atoms with Gasteiger partial charge in [-0.25, -0.2) is 0 Å². The van der Waals surface area contributed by atoms with E-state index >= 15 is 0 Å². The molecule has 6 nitrogen and oxygen atoms in total. The van der Waals surface area contributed by atoms with Crippen LogP contribution >= 0.6 is 24.0 Å². The molecule has 0 radical (unpaired) electrons. The van der Waals surface area contributed by atoms with Gasteiger partial charge >= 0.3 is 0 Å². The Balaban J connectivity index is 0.00000420.